The quantitative estimate of drug-likeness (QED) is 0.507. The zero-order valence-corrected chi connectivity index (χ0v) is 5.30. The molecule has 46 valence electrons. The SMILES string of the molecule is CC[C@@H]1CC=C[C@@H]1N. The van der Waals surface area contributed by atoms with E-state index in [-0.39, 0.29) is 0 Å². The van der Waals surface area contributed by atoms with Crippen molar-refractivity contribution in [3.63, 3.8) is 0 Å². The Morgan fingerprint density at radius 2 is 2.50 bits per heavy atom. The molecule has 0 heterocycles. The van der Waals surface area contributed by atoms with E-state index in [2.05, 4.69) is 19.1 Å². The summed E-state index contributed by atoms with van der Waals surface area (Å²) in [6, 6.07) is 0.347. The van der Waals surface area contributed by atoms with Crippen LogP contribution >= 0.6 is 0 Å². The highest BCUT2D eigenvalue weighted by Gasteiger charge is 2.15. The molecule has 0 saturated carbocycles. The molecule has 1 nitrogen and oxygen atoms in total. The topological polar surface area (TPSA) is 26.0 Å². The summed E-state index contributed by atoms with van der Waals surface area (Å²) in [5.74, 6) is 0.731. The largest absolute Gasteiger partial charge is 0.324 e. The van der Waals surface area contributed by atoms with Gasteiger partial charge in [0.15, 0.2) is 0 Å². The molecule has 0 aromatic carbocycles. The van der Waals surface area contributed by atoms with E-state index in [1.807, 2.05) is 0 Å². The van der Waals surface area contributed by atoms with E-state index < -0.39 is 0 Å². The Morgan fingerprint density at radius 1 is 1.75 bits per heavy atom. The molecule has 0 aliphatic heterocycles. The van der Waals surface area contributed by atoms with Gasteiger partial charge in [-0.1, -0.05) is 25.5 Å². The van der Waals surface area contributed by atoms with Crippen molar-refractivity contribution in [3.8, 4) is 0 Å². The van der Waals surface area contributed by atoms with Crippen molar-refractivity contribution >= 4 is 0 Å². The molecule has 0 aromatic heterocycles. The molecule has 1 aliphatic carbocycles. The summed E-state index contributed by atoms with van der Waals surface area (Å²) in [6.07, 6.45) is 6.69. The lowest BCUT2D eigenvalue weighted by Gasteiger charge is -2.10. The minimum atomic E-state index is 0.347. The highest BCUT2D eigenvalue weighted by molar-refractivity contribution is 5.03. The van der Waals surface area contributed by atoms with Gasteiger partial charge in [-0.2, -0.15) is 0 Å². The lowest BCUT2D eigenvalue weighted by molar-refractivity contribution is 0.491. The predicted octanol–water partition coefficient (Wildman–Crippen LogP) is 1.30. The minimum absolute atomic E-state index is 0.347. The Labute approximate surface area is 50.6 Å². The molecule has 1 rings (SSSR count). The van der Waals surface area contributed by atoms with Gasteiger partial charge in [0, 0.05) is 6.04 Å². The van der Waals surface area contributed by atoms with Gasteiger partial charge in [0.05, 0.1) is 0 Å². The summed E-state index contributed by atoms with van der Waals surface area (Å²) in [4.78, 5) is 0. The van der Waals surface area contributed by atoms with Crippen LogP contribution in [0.2, 0.25) is 0 Å². The molecule has 0 radical (unpaired) electrons. The highest BCUT2D eigenvalue weighted by Crippen LogP contribution is 2.19. The third kappa shape index (κ3) is 0.920. The normalized spacial score (nSPS) is 36.2. The third-order valence-electron chi connectivity index (χ3n) is 1.87. The van der Waals surface area contributed by atoms with Crippen LogP contribution in [0.4, 0.5) is 0 Å². The van der Waals surface area contributed by atoms with Gasteiger partial charge in [0.2, 0.25) is 0 Å². The Kier molecular flexibility index (Phi) is 1.69. The van der Waals surface area contributed by atoms with Crippen LogP contribution in [0, 0.1) is 5.92 Å². The molecule has 0 spiro atoms. The van der Waals surface area contributed by atoms with Crippen molar-refractivity contribution in [1.82, 2.24) is 0 Å². The fraction of sp³-hybridized carbons (Fsp3) is 0.714. The third-order valence-corrected chi connectivity index (χ3v) is 1.87. The first kappa shape index (κ1) is 5.83. The van der Waals surface area contributed by atoms with Gasteiger partial charge in [-0.15, -0.1) is 0 Å². The van der Waals surface area contributed by atoms with Crippen molar-refractivity contribution in [3.05, 3.63) is 12.2 Å². The van der Waals surface area contributed by atoms with Crippen LogP contribution in [0.3, 0.4) is 0 Å². The first-order valence-corrected chi connectivity index (χ1v) is 3.27. The van der Waals surface area contributed by atoms with Crippen molar-refractivity contribution < 1.29 is 0 Å². The van der Waals surface area contributed by atoms with E-state index >= 15 is 0 Å². The molecule has 0 bridgehead atoms. The van der Waals surface area contributed by atoms with Crippen LogP contribution in [-0.2, 0) is 0 Å². The first-order valence-electron chi connectivity index (χ1n) is 3.27. The number of rotatable bonds is 1. The van der Waals surface area contributed by atoms with Crippen LogP contribution < -0.4 is 5.73 Å². The van der Waals surface area contributed by atoms with E-state index in [4.69, 9.17) is 5.73 Å². The predicted molar refractivity (Wildman–Crippen MR) is 35.5 cm³/mol. The van der Waals surface area contributed by atoms with Gasteiger partial charge >= 0.3 is 0 Å². The Bertz CT molecular complexity index is 96.6. The zero-order valence-electron chi connectivity index (χ0n) is 5.30. The van der Waals surface area contributed by atoms with Crippen LogP contribution in [0.25, 0.3) is 0 Å². The molecular weight excluding hydrogens is 98.1 g/mol. The standard InChI is InChI=1S/C7H13N/c1-2-6-4-3-5-7(6)8/h3,5-7H,2,4,8H2,1H3/t6-,7+/m1/s1. The molecule has 2 N–H and O–H groups in total. The van der Waals surface area contributed by atoms with Gasteiger partial charge in [-0.05, 0) is 12.3 Å². The summed E-state index contributed by atoms with van der Waals surface area (Å²) in [5.41, 5.74) is 5.70. The zero-order chi connectivity index (χ0) is 5.98. The molecule has 2 atom stereocenters. The average molecular weight is 111 g/mol. The van der Waals surface area contributed by atoms with E-state index in [1.54, 1.807) is 0 Å². The molecule has 0 fully saturated rings. The summed E-state index contributed by atoms with van der Waals surface area (Å²) < 4.78 is 0. The van der Waals surface area contributed by atoms with Crippen LogP contribution in [0.1, 0.15) is 19.8 Å². The number of hydrogen-bond donors (Lipinski definition) is 1. The van der Waals surface area contributed by atoms with Crippen LogP contribution in [-0.4, -0.2) is 6.04 Å². The van der Waals surface area contributed by atoms with Gasteiger partial charge < -0.3 is 5.73 Å². The van der Waals surface area contributed by atoms with E-state index in [9.17, 15) is 0 Å². The Hall–Kier alpha value is -0.300. The number of nitrogens with two attached hydrogens (primary N) is 1. The van der Waals surface area contributed by atoms with E-state index in [0.29, 0.717) is 6.04 Å². The lowest BCUT2D eigenvalue weighted by Crippen LogP contribution is -2.23. The number of hydrogen-bond acceptors (Lipinski definition) is 1. The van der Waals surface area contributed by atoms with Crippen molar-refractivity contribution in [1.29, 1.82) is 0 Å². The average Bonchev–Trinajstić information content (AvgIpc) is 2.14. The van der Waals surface area contributed by atoms with Crippen LogP contribution in [0.15, 0.2) is 12.2 Å². The molecule has 0 aromatic rings. The van der Waals surface area contributed by atoms with Crippen molar-refractivity contribution in [2.24, 2.45) is 11.7 Å². The summed E-state index contributed by atoms with van der Waals surface area (Å²) in [7, 11) is 0. The molecule has 1 aliphatic rings. The smallest absolute Gasteiger partial charge is 0.0255 e. The first-order chi connectivity index (χ1) is 3.84. The van der Waals surface area contributed by atoms with Gasteiger partial charge in [0.1, 0.15) is 0 Å². The van der Waals surface area contributed by atoms with E-state index in [0.717, 1.165) is 5.92 Å². The fourth-order valence-corrected chi connectivity index (χ4v) is 1.16. The molecule has 0 unspecified atom stereocenters. The monoisotopic (exact) mass is 111 g/mol. The van der Waals surface area contributed by atoms with Crippen molar-refractivity contribution in [2.75, 3.05) is 0 Å². The fourth-order valence-electron chi connectivity index (χ4n) is 1.16. The maximum absolute atomic E-state index is 5.70. The maximum atomic E-state index is 5.70. The summed E-state index contributed by atoms with van der Waals surface area (Å²) >= 11 is 0. The summed E-state index contributed by atoms with van der Waals surface area (Å²) in [6.45, 7) is 2.19. The molecule has 0 amide bonds. The molecule has 8 heavy (non-hydrogen) atoms. The molecule has 1 heteroatoms. The van der Waals surface area contributed by atoms with E-state index in [1.165, 1.54) is 12.8 Å². The second-order valence-electron chi connectivity index (χ2n) is 2.41. The van der Waals surface area contributed by atoms with Gasteiger partial charge in [-0.3, -0.25) is 0 Å². The second kappa shape index (κ2) is 2.31. The van der Waals surface area contributed by atoms with Crippen LogP contribution in [0.5, 0.6) is 0 Å². The maximum Gasteiger partial charge on any atom is 0.0255 e. The van der Waals surface area contributed by atoms with Gasteiger partial charge in [0.25, 0.3) is 0 Å². The Balaban J connectivity index is 2.38. The van der Waals surface area contributed by atoms with Gasteiger partial charge in [-0.25, -0.2) is 0 Å². The second-order valence-corrected chi connectivity index (χ2v) is 2.41. The minimum Gasteiger partial charge on any atom is -0.324 e. The number of allylic oxidation sites excluding steroid dienone is 1. The lowest BCUT2D eigenvalue weighted by atomic mass is 10.0. The highest BCUT2D eigenvalue weighted by atomic mass is 14.6. The summed E-state index contributed by atoms with van der Waals surface area (Å²) in [5, 5.41) is 0. The van der Waals surface area contributed by atoms with Crippen molar-refractivity contribution in [2.45, 2.75) is 25.8 Å². The molecule has 0 saturated heterocycles. The Morgan fingerprint density at radius 3 is 2.75 bits per heavy atom. The molecular formula is C7H13N.